The predicted octanol–water partition coefficient (Wildman–Crippen LogP) is 4.03. The molecule has 5 heteroatoms. The summed E-state index contributed by atoms with van der Waals surface area (Å²) < 4.78 is 45.7. The quantitative estimate of drug-likeness (QED) is 0.842. The Bertz CT molecular complexity index is 549. The second-order valence-corrected chi connectivity index (χ2v) is 6.60. The van der Waals surface area contributed by atoms with Crippen LogP contribution in [-0.2, 0) is 15.5 Å². The van der Waals surface area contributed by atoms with Crippen molar-refractivity contribution in [3.05, 3.63) is 40.5 Å². The van der Waals surface area contributed by atoms with Gasteiger partial charge in [-0.25, -0.2) is 4.21 Å². The zero-order valence-electron chi connectivity index (χ0n) is 11.8. The SMILES string of the molecule is COC1=C(S(=O)c2ccc(C)cc2)CC[C@H](C)C1(F)F. The zero-order valence-corrected chi connectivity index (χ0v) is 12.6. The predicted molar refractivity (Wildman–Crippen MR) is 75.0 cm³/mol. The maximum Gasteiger partial charge on any atom is 0.307 e. The van der Waals surface area contributed by atoms with E-state index in [1.165, 1.54) is 14.0 Å². The fraction of sp³-hybridized carbons (Fsp3) is 0.467. The minimum Gasteiger partial charge on any atom is -0.494 e. The van der Waals surface area contributed by atoms with E-state index in [1.54, 1.807) is 12.1 Å². The number of rotatable bonds is 3. The summed E-state index contributed by atoms with van der Waals surface area (Å²) in [5.74, 6) is -4.27. The van der Waals surface area contributed by atoms with E-state index in [-0.39, 0.29) is 4.91 Å². The summed E-state index contributed by atoms with van der Waals surface area (Å²) in [6, 6.07) is 7.07. The molecule has 20 heavy (non-hydrogen) atoms. The van der Waals surface area contributed by atoms with Crippen molar-refractivity contribution in [2.45, 2.75) is 37.5 Å². The summed E-state index contributed by atoms with van der Waals surface area (Å²) in [5, 5.41) is 0. The maximum atomic E-state index is 14.1. The summed E-state index contributed by atoms with van der Waals surface area (Å²) in [7, 11) is -0.379. The molecule has 0 bridgehead atoms. The van der Waals surface area contributed by atoms with E-state index in [4.69, 9.17) is 4.74 Å². The summed E-state index contributed by atoms with van der Waals surface area (Å²) in [4.78, 5) is 0.741. The highest BCUT2D eigenvalue weighted by atomic mass is 32.2. The fourth-order valence-corrected chi connectivity index (χ4v) is 3.64. The van der Waals surface area contributed by atoms with Crippen molar-refractivity contribution in [3.8, 4) is 0 Å². The van der Waals surface area contributed by atoms with Crippen LogP contribution in [0.1, 0.15) is 25.3 Å². The highest BCUT2D eigenvalue weighted by Gasteiger charge is 2.47. The molecular formula is C15H18F2O2S. The molecule has 0 fully saturated rings. The standard InChI is InChI=1S/C15H18F2O2S/c1-10-4-7-12(8-5-10)20(18)13-9-6-11(2)15(16,17)14(13)19-3/h4-5,7-8,11H,6,9H2,1-3H3/t11-,20?/m0/s1. The van der Waals surface area contributed by atoms with Crippen molar-refractivity contribution >= 4 is 10.8 Å². The third kappa shape index (κ3) is 2.64. The first-order chi connectivity index (χ1) is 9.37. The van der Waals surface area contributed by atoms with Crippen molar-refractivity contribution in [1.29, 1.82) is 0 Å². The first kappa shape index (κ1) is 15.2. The Morgan fingerprint density at radius 2 is 1.90 bits per heavy atom. The number of methoxy groups -OCH3 is 1. The van der Waals surface area contributed by atoms with Gasteiger partial charge in [-0.1, -0.05) is 24.6 Å². The van der Waals surface area contributed by atoms with Crippen LogP contribution in [0.3, 0.4) is 0 Å². The highest BCUT2D eigenvalue weighted by Crippen LogP contribution is 2.44. The van der Waals surface area contributed by atoms with Gasteiger partial charge in [0, 0.05) is 10.8 Å². The second-order valence-electron chi connectivity index (χ2n) is 5.10. The van der Waals surface area contributed by atoms with Crippen molar-refractivity contribution < 1.29 is 17.7 Å². The molecule has 0 amide bonds. The summed E-state index contributed by atoms with van der Waals surface area (Å²) in [6.07, 6.45) is 0.688. The molecule has 0 spiro atoms. The number of alkyl halides is 2. The molecule has 2 nitrogen and oxygen atoms in total. The van der Waals surface area contributed by atoms with Crippen molar-refractivity contribution in [2.24, 2.45) is 5.92 Å². The van der Waals surface area contributed by atoms with Gasteiger partial charge in [0.15, 0.2) is 5.76 Å². The summed E-state index contributed by atoms with van der Waals surface area (Å²) >= 11 is 0. The number of hydrogen-bond acceptors (Lipinski definition) is 2. The molecule has 0 radical (unpaired) electrons. The monoisotopic (exact) mass is 300 g/mol. The van der Waals surface area contributed by atoms with Gasteiger partial charge in [-0.15, -0.1) is 0 Å². The molecule has 110 valence electrons. The maximum absolute atomic E-state index is 14.1. The van der Waals surface area contributed by atoms with Crippen LogP contribution in [0.2, 0.25) is 0 Å². The molecule has 2 rings (SSSR count). The molecule has 0 aliphatic heterocycles. The Balaban J connectivity index is 2.44. The molecule has 0 heterocycles. The molecule has 1 aliphatic rings. The Morgan fingerprint density at radius 3 is 2.45 bits per heavy atom. The van der Waals surface area contributed by atoms with E-state index in [1.807, 2.05) is 19.1 Å². The van der Waals surface area contributed by atoms with Gasteiger partial charge in [-0.2, -0.15) is 8.78 Å². The van der Waals surface area contributed by atoms with E-state index in [0.717, 1.165) is 5.56 Å². The Hall–Kier alpha value is -1.23. The number of halogens is 2. The largest absolute Gasteiger partial charge is 0.494 e. The lowest BCUT2D eigenvalue weighted by atomic mass is 9.91. The number of ether oxygens (including phenoxy) is 1. The van der Waals surface area contributed by atoms with Gasteiger partial charge in [-0.05, 0) is 31.9 Å². The molecule has 1 unspecified atom stereocenters. The molecular weight excluding hydrogens is 282 g/mol. The average molecular weight is 300 g/mol. The Morgan fingerprint density at radius 1 is 1.30 bits per heavy atom. The fourth-order valence-electron chi connectivity index (χ4n) is 2.28. The zero-order chi connectivity index (χ0) is 14.9. The first-order valence-electron chi connectivity index (χ1n) is 6.51. The van der Waals surface area contributed by atoms with E-state index in [0.29, 0.717) is 17.7 Å². The topological polar surface area (TPSA) is 26.3 Å². The van der Waals surface area contributed by atoms with Gasteiger partial charge in [0.2, 0.25) is 0 Å². The van der Waals surface area contributed by atoms with Gasteiger partial charge in [0.05, 0.1) is 22.8 Å². The minimum atomic E-state index is -3.05. The van der Waals surface area contributed by atoms with Crippen LogP contribution >= 0.6 is 0 Å². The molecule has 0 N–H and O–H groups in total. The van der Waals surface area contributed by atoms with Crippen LogP contribution in [0.15, 0.2) is 39.8 Å². The molecule has 2 atom stereocenters. The molecule has 1 aromatic carbocycles. The normalized spacial score (nSPS) is 23.6. The second kappa shape index (κ2) is 5.64. The number of benzene rings is 1. The molecule has 0 aromatic heterocycles. The molecule has 0 saturated carbocycles. The summed E-state index contributed by atoms with van der Waals surface area (Å²) in [5.41, 5.74) is 1.04. The van der Waals surface area contributed by atoms with Crippen LogP contribution in [0.5, 0.6) is 0 Å². The van der Waals surface area contributed by atoms with Gasteiger partial charge >= 0.3 is 5.92 Å². The van der Waals surface area contributed by atoms with Crippen molar-refractivity contribution in [1.82, 2.24) is 0 Å². The third-order valence-corrected chi connectivity index (χ3v) is 5.18. The van der Waals surface area contributed by atoms with Gasteiger partial charge in [0.25, 0.3) is 0 Å². The third-order valence-electron chi connectivity index (χ3n) is 3.64. The van der Waals surface area contributed by atoms with E-state index < -0.39 is 28.4 Å². The van der Waals surface area contributed by atoms with Crippen LogP contribution in [0, 0.1) is 12.8 Å². The van der Waals surface area contributed by atoms with Gasteiger partial charge in [0.1, 0.15) is 0 Å². The first-order valence-corrected chi connectivity index (χ1v) is 7.66. The van der Waals surface area contributed by atoms with Crippen LogP contribution < -0.4 is 0 Å². The van der Waals surface area contributed by atoms with E-state index >= 15 is 0 Å². The Kier molecular flexibility index (Phi) is 4.28. The molecule has 1 aliphatic carbocycles. The van der Waals surface area contributed by atoms with Crippen molar-refractivity contribution in [2.75, 3.05) is 7.11 Å². The highest BCUT2D eigenvalue weighted by molar-refractivity contribution is 7.89. The molecule has 0 saturated heterocycles. The van der Waals surface area contributed by atoms with Crippen molar-refractivity contribution in [3.63, 3.8) is 0 Å². The smallest absolute Gasteiger partial charge is 0.307 e. The van der Waals surface area contributed by atoms with Gasteiger partial charge < -0.3 is 4.74 Å². The number of aryl methyl sites for hydroxylation is 1. The van der Waals surface area contributed by atoms with Crippen LogP contribution in [0.4, 0.5) is 8.78 Å². The molecule has 1 aromatic rings. The average Bonchev–Trinajstić information content (AvgIpc) is 2.41. The van der Waals surface area contributed by atoms with Crippen LogP contribution in [-0.4, -0.2) is 17.2 Å². The number of hydrogen-bond donors (Lipinski definition) is 0. The van der Waals surface area contributed by atoms with Gasteiger partial charge in [-0.3, -0.25) is 0 Å². The minimum absolute atomic E-state index is 0.208. The van der Waals surface area contributed by atoms with E-state index in [9.17, 15) is 13.0 Å². The van der Waals surface area contributed by atoms with Crippen LogP contribution in [0.25, 0.3) is 0 Å². The number of allylic oxidation sites excluding steroid dienone is 2. The lowest BCUT2D eigenvalue weighted by Crippen LogP contribution is -2.34. The lowest BCUT2D eigenvalue weighted by Gasteiger charge is -2.31. The lowest BCUT2D eigenvalue weighted by molar-refractivity contribution is -0.0661. The summed E-state index contributed by atoms with van der Waals surface area (Å²) in [6.45, 7) is 3.41. The van der Waals surface area contributed by atoms with E-state index in [2.05, 4.69) is 0 Å². The Labute approximate surface area is 120 Å².